The van der Waals surface area contributed by atoms with Gasteiger partial charge < -0.3 is 14.2 Å². The summed E-state index contributed by atoms with van der Waals surface area (Å²) in [5.41, 5.74) is 0. The molecular weight excluding hydrogens is 1020 g/mol. The number of carbonyl (C=O) groups is 3. The number of allylic oxidation sites excluding steroid dienone is 17. The monoisotopic (exact) mass is 1150 g/mol. The minimum Gasteiger partial charge on any atom is -0.462 e. The molecule has 0 radical (unpaired) electrons. The fourth-order valence-corrected chi connectivity index (χ4v) is 10.1. The quantitative estimate of drug-likeness (QED) is 0.0261. The summed E-state index contributed by atoms with van der Waals surface area (Å²) >= 11 is 0. The average molecular weight is 1150 g/mol. The van der Waals surface area contributed by atoms with Crippen LogP contribution < -0.4 is 0 Å². The average Bonchev–Trinajstić information content (AvgIpc) is 3.49. The second-order valence-corrected chi connectivity index (χ2v) is 23.4. The number of hydrogen-bond donors (Lipinski definition) is 0. The Hall–Kier alpha value is -3.93. The molecule has 1 atom stereocenters. The highest BCUT2D eigenvalue weighted by atomic mass is 16.6. The van der Waals surface area contributed by atoms with E-state index in [0.717, 1.165) is 96.3 Å². The number of esters is 3. The van der Waals surface area contributed by atoms with Gasteiger partial charge in [-0.15, -0.1) is 0 Å². The van der Waals surface area contributed by atoms with Crippen LogP contribution in [0.25, 0.3) is 0 Å². The van der Waals surface area contributed by atoms with Crippen molar-refractivity contribution < 1.29 is 28.6 Å². The minimum atomic E-state index is -0.816. The van der Waals surface area contributed by atoms with Crippen LogP contribution in [0.15, 0.2) is 109 Å². The second kappa shape index (κ2) is 70.6. The smallest absolute Gasteiger partial charge is 0.309 e. The molecule has 0 aliphatic carbocycles. The van der Waals surface area contributed by atoms with Gasteiger partial charge in [0.1, 0.15) is 13.2 Å². The van der Waals surface area contributed by atoms with E-state index in [-0.39, 0.29) is 31.6 Å². The Labute approximate surface area is 514 Å². The van der Waals surface area contributed by atoms with Gasteiger partial charge in [0.2, 0.25) is 0 Å². The van der Waals surface area contributed by atoms with Crippen LogP contribution in [0.1, 0.15) is 342 Å². The van der Waals surface area contributed by atoms with Gasteiger partial charge in [0.15, 0.2) is 6.10 Å². The zero-order valence-electron chi connectivity index (χ0n) is 54.7. The SMILES string of the molecule is CC/C=C\C/C=C\C/C=C\C/C=C\C/C=C\CC(=O)OCC(COC(=O)CCCCCCCCCCCCCCCCCCCCCC/C=C\C/C=C\C/C=C\C/C=C\CC)OC(=O)CCCCCCCCCCCCCCCCCCC. The fourth-order valence-electron chi connectivity index (χ4n) is 10.1. The molecule has 6 heteroatoms. The van der Waals surface area contributed by atoms with Crippen LogP contribution in [0, 0.1) is 0 Å². The van der Waals surface area contributed by atoms with Crippen molar-refractivity contribution in [2.75, 3.05) is 13.2 Å². The van der Waals surface area contributed by atoms with Crippen LogP contribution >= 0.6 is 0 Å². The molecule has 0 aromatic heterocycles. The Balaban J connectivity index is 4.22. The Bertz CT molecular complexity index is 1660. The fraction of sp³-hybridized carbons (Fsp3) is 0.727. The normalized spacial score (nSPS) is 12.8. The third kappa shape index (κ3) is 68.7. The lowest BCUT2D eigenvalue weighted by Gasteiger charge is -2.18. The molecule has 0 aromatic rings. The molecule has 0 aromatic carbocycles. The Morgan fingerprint density at radius 3 is 0.843 bits per heavy atom. The van der Waals surface area contributed by atoms with E-state index in [1.807, 2.05) is 12.2 Å². The van der Waals surface area contributed by atoms with E-state index in [9.17, 15) is 14.4 Å². The molecule has 0 aliphatic rings. The molecule has 0 fully saturated rings. The van der Waals surface area contributed by atoms with E-state index < -0.39 is 12.1 Å². The Kier molecular flexibility index (Phi) is 67.2. The molecule has 0 aliphatic heterocycles. The summed E-state index contributed by atoms with van der Waals surface area (Å²) in [5.74, 6) is -1.02. The van der Waals surface area contributed by atoms with E-state index in [0.29, 0.717) is 12.8 Å². The van der Waals surface area contributed by atoms with Gasteiger partial charge in [0.05, 0.1) is 6.42 Å². The van der Waals surface area contributed by atoms with Gasteiger partial charge in [-0.1, -0.05) is 348 Å². The topological polar surface area (TPSA) is 78.9 Å². The maximum Gasteiger partial charge on any atom is 0.309 e. The van der Waals surface area contributed by atoms with Crippen LogP contribution in [-0.4, -0.2) is 37.2 Å². The van der Waals surface area contributed by atoms with Crippen LogP contribution in [0.3, 0.4) is 0 Å². The van der Waals surface area contributed by atoms with Crippen LogP contribution in [0.4, 0.5) is 0 Å². The van der Waals surface area contributed by atoms with Crippen molar-refractivity contribution in [3.63, 3.8) is 0 Å². The van der Waals surface area contributed by atoms with Crippen molar-refractivity contribution in [3.8, 4) is 0 Å². The lowest BCUT2D eigenvalue weighted by atomic mass is 10.0. The van der Waals surface area contributed by atoms with E-state index in [1.54, 1.807) is 0 Å². The molecule has 1 unspecified atom stereocenters. The summed E-state index contributed by atoms with van der Waals surface area (Å²) in [6.07, 6.45) is 97.3. The highest BCUT2D eigenvalue weighted by Gasteiger charge is 2.19. The first-order valence-electron chi connectivity index (χ1n) is 35.4. The number of carbonyl (C=O) groups excluding carboxylic acids is 3. The molecule has 0 saturated heterocycles. The lowest BCUT2D eigenvalue weighted by Crippen LogP contribution is -2.30. The van der Waals surface area contributed by atoms with E-state index in [4.69, 9.17) is 14.2 Å². The summed E-state index contributed by atoms with van der Waals surface area (Å²) in [4.78, 5) is 38.3. The first-order chi connectivity index (χ1) is 41.0. The largest absolute Gasteiger partial charge is 0.462 e. The molecule has 0 N–H and O–H groups in total. The van der Waals surface area contributed by atoms with Gasteiger partial charge in [-0.3, -0.25) is 14.4 Å². The van der Waals surface area contributed by atoms with Crippen LogP contribution in [0.2, 0.25) is 0 Å². The predicted octanol–water partition coefficient (Wildman–Crippen LogP) is 24.6. The first-order valence-corrected chi connectivity index (χ1v) is 35.4. The summed E-state index contributed by atoms with van der Waals surface area (Å²) in [6, 6.07) is 0. The molecular formula is C77H132O6. The summed E-state index contributed by atoms with van der Waals surface area (Å²) < 4.78 is 16.9. The second-order valence-electron chi connectivity index (χ2n) is 23.4. The van der Waals surface area contributed by atoms with Gasteiger partial charge in [-0.25, -0.2) is 0 Å². The molecule has 0 saturated carbocycles. The zero-order valence-corrected chi connectivity index (χ0v) is 54.7. The minimum absolute atomic E-state index is 0.103. The van der Waals surface area contributed by atoms with Crippen molar-refractivity contribution in [1.82, 2.24) is 0 Å². The van der Waals surface area contributed by atoms with Gasteiger partial charge >= 0.3 is 17.9 Å². The zero-order chi connectivity index (χ0) is 59.9. The summed E-state index contributed by atoms with van der Waals surface area (Å²) in [5, 5.41) is 0. The van der Waals surface area contributed by atoms with Crippen LogP contribution in [0.5, 0.6) is 0 Å². The van der Waals surface area contributed by atoms with Gasteiger partial charge in [-0.05, 0) is 83.5 Å². The first kappa shape index (κ1) is 79.1. The number of ether oxygens (including phenoxy) is 3. The van der Waals surface area contributed by atoms with Crippen molar-refractivity contribution >= 4 is 17.9 Å². The molecule has 0 amide bonds. The standard InChI is InChI=1S/C77H132O6/c1-4-7-10-13-16-19-22-25-28-30-31-32-33-34-35-36-37-38-39-40-41-42-43-44-45-47-49-52-55-58-61-64-67-70-76(79)82-73-74(72-81-75(78)69-66-63-60-57-54-51-48-27-24-21-18-15-12-9-6-3)83-77(80)71-68-65-62-59-56-53-50-46-29-26-23-20-17-14-11-8-5-2/h7,9-10,12,16,18-19,21,25,27-28,31-32,48,54,57,63,66,74H,4-6,8,11,13-15,17,20,22-24,26,29-30,33-47,49-53,55-56,58-62,64-65,67-73H2,1-3H3/b10-7-,12-9-,19-16-,21-18-,28-25-,32-31-,48-27-,57-54-,66-63-. The number of rotatable bonds is 64. The molecule has 0 spiro atoms. The third-order valence-electron chi connectivity index (χ3n) is 15.3. The lowest BCUT2D eigenvalue weighted by molar-refractivity contribution is -0.166. The van der Waals surface area contributed by atoms with Crippen molar-refractivity contribution in [2.45, 2.75) is 348 Å². The van der Waals surface area contributed by atoms with E-state index in [2.05, 4.69) is 118 Å². The van der Waals surface area contributed by atoms with E-state index >= 15 is 0 Å². The van der Waals surface area contributed by atoms with Crippen molar-refractivity contribution in [3.05, 3.63) is 109 Å². The molecule has 0 bridgehead atoms. The molecule has 476 valence electrons. The van der Waals surface area contributed by atoms with Gasteiger partial charge in [0.25, 0.3) is 0 Å². The number of hydrogen-bond acceptors (Lipinski definition) is 6. The molecule has 0 heterocycles. The van der Waals surface area contributed by atoms with Gasteiger partial charge in [-0.2, -0.15) is 0 Å². The van der Waals surface area contributed by atoms with Crippen LogP contribution in [-0.2, 0) is 28.6 Å². The highest BCUT2D eigenvalue weighted by Crippen LogP contribution is 2.18. The van der Waals surface area contributed by atoms with E-state index in [1.165, 1.54) is 205 Å². The highest BCUT2D eigenvalue weighted by molar-refractivity contribution is 5.72. The maximum absolute atomic E-state index is 12.9. The molecule has 83 heavy (non-hydrogen) atoms. The van der Waals surface area contributed by atoms with Crippen molar-refractivity contribution in [2.24, 2.45) is 0 Å². The van der Waals surface area contributed by atoms with Crippen molar-refractivity contribution in [1.29, 1.82) is 0 Å². The third-order valence-corrected chi connectivity index (χ3v) is 15.3. The Morgan fingerprint density at radius 2 is 0.518 bits per heavy atom. The van der Waals surface area contributed by atoms with Gasteiger partial charge in [0, 0.05) is 12.8 Å². The maximum atomic E-state index is 12.9. The summed E-state index contributed by atoms with van der Waals surface area (Å²) in [6.45, 7) is 6.37. The summed E-state index contributed by atoms with van der Waals surface area (Å²) in [7, 11) is 0. The Morgan fingerprint density at radius 1 is 0.265 bits per heavy atom. The number of unbranched alkanes of at least 4 members (excludes halogenated alkanes) is 36. The predicted molar refractivity (Wildman–Crippen MR) is 362 cm³/mol. The molecule has 0 rings (SSSR count). The molecule has 6 nitrogen and oxygen atoms in total.